The Hall–Kier alpha value is -1.06. The van der Waals surface area contributed by atoms with Gasteiger partial charge in [-0.25, -0.2) is 0 Å². The van der Waals surface area contributed by atoms with E-state index in [-0.39, 0.29) is 12.2 Å². The molecule has 0 aromatic rings. The van der Waals surface area contributed by atoms with E-state index in [0.717, 1.165) is 50.3 Å². The summed E-state index contributed by atoms with van der Waals surface area (Å²) in [6, 6.07) is 0. The average molecular weight is 294 g/mol. The van der Waals surface area contributed by atoms with Crippen molar-refractivity contribution >= 4 is 12.8 Å². The molecule has 0 aromatic carbocycles. The molecule has 0 heterocycles. The number of ether oxygens (including phenoxy) is 2. The highest BCUT2D eigenvalue weighted by molar-refractivity contribution is 5.41. The smallest absolute Gasteiger partial charge is 0.167 e. The van der Waals surface area contributed by atoms with Gasteiger partial charge in [0.15, 0.2) is 12.8 Å². The second-order valence-electron chi connectivity index (χ2n) is 7.28. The van der Waals surface area contributed by atoms with Crippen molar-refractivity contribution < 1.29 is 9.47 Å². The van der Waals surface area contributed by atoms with Crippen LogP contribution in [-0.4, -0.2) is 25.0 Å². The van der Waals surface area contributed by atoms with Gasteiger partial charge in [0.25, 0.3) is 0 Å². The van der Waals surface area contributed by atoms with E-state index in [0.29, 0.717) is 5.41 Å². The SMILES string of the molecule is CC(C)(C1CCC(OC=N)CC1)C1CCC(OC=N)CC1. The van der Waals surface area contributed by atoms with Crippen molar-refractivity contribution in [2.45, 2.75) is 77.4 Å². The third-order valence-corrected chi connectivity index (χ3v) is 5.97. The van der Waals surface area contributed by atoms with Gasteiger partial charge < -0.3 is 9.47 Å². The highest BCUT2D eigenvalue weighted by Gasteiger charge is 2.40. The summed E-state index contributed by atoms with van der Waals surface area (Å²) in [7, 11) is 0. The standard InChI is InChI=1S/C17H30N2O2/c1-17(2,13-3-7-15(8-4-13)20-11-18)14-5-9-16(10-6-14)21-12-19/h11-16,18-19H,3-10H2,1-2H3. The molecule has 0 bridgehead atoms. The molecule has 0 saturated heterocycles. The van der Waals surface area contributed by atoms with Crippen molar-refractivity contribution in [1.82, 2.24) is 0 Å². The predicted molar refractivity (Wildman–Crippen MR) is 85.0 cm³/mol. The lowest BCUT2D eigenvalue weighted by atomic mass is 9.60. The molecule has 0 aromatic heterocycles. The molecule has 0 spiro atoms. The summed E-state index contributed by atoms with van der Waals surface area (Å²) in [4.78, 5) is 0. The molecule has 0 radical (unpaired) electrons. The lowest BCUT2D eigenvalue weighted by Gasteiger charge is -2.46. The van der Waals surface area contributed by atoms with Crippen LogP contribution in [0.4, 0.5) is 0 Å². The van der Waals surface area contributed by atoms with Crippen LogP contribution in [0.15, 0.2) is 0 Å². The lowest BCUT2D eigenvalue weighted by Crippen LogP contribution is -2.39. The Morgan fingerprint density at radius 2 is 1.05 bits per heavy atom. The summed E-state index contributed by atoms with van der Waals surface area (Å²) in [6.45, 7) is 4.88. The van der Waals surface area contributed by atoms with Gasteiger partial charge in [0.1, 0.15) is 0 Å². The maximum Gasteiger partial charge on any atom is 0.167 e. The number of hydrogen-bond donors (Lipinski definition) is 2. The minimum atomic E-state index is 0.270. The Labute approximate surface area is 128 Å². The molecule has 2 aliphatic rings. The molecule has 2 saturated carbocycles. The van der Waals surface area contributed by atoms with E-state index in [1.165, 1.54) is 25.7 Å². The first-order valence-corrected chi connectivity index (χ1v) is 8.36. The van der Waals surface area contributed by atoms with Crippen LogP contribution in [0.25, 0.3) is 0 Å². The normalized spacial score (nSPS) is 34.0. The Balaban J connectivity index is 1.84. The van der Waals surface area contributed by atoms with Crippen LogP contribution in [0.3, 0.4) is 0 Å². The van der Waals surface area contributed by atoms with E-state index < -0.39 is 0 Å². The summed E-state index contributed by atoms with van der Waals surface area (Å²) in [5.41, 5.74) is 0.380. The first-order chi connectivity index (χ1) is 10.1. The van der Waals surface area contributed by atoms with Crippen molar-refractivity contribution in [3.05, 3.63) is 0 Å². The predicted octanol–water partition coefficient (Wildman–Crippen LogP) is 4.38. The Morgan fingerprint density at radius 1 is 0.714 bits per heavy atom. The molecule has 2 fully saturated rings. The number of hydrogen-bond acceptors (Lipinski definition) is 4. The first kappa shape index (κ1) is 16.3. The Morgan fingerprint density at radius 3 is 1.33 bits per heavy atom. The molecule has 2 N–H and O–H groups in total. The molecular weight excluding hydrogens is 264 g/mol. The Bertz CT molecular complexity index is 309. The van der Waals surface area contributed by atoms with Crippen LogP contribution >= 0.6 is 0 Å². The maximum atomic E-state index is 7.05. The molecule has 2 rings (SSSR count). The zero-order valence-electron chi connectivity index (χ0n) is 13.4. The van der Waals surface area contributed by atoms with Gasteiger partial charge in [0.05, 0.1) is 12.2 Å². The van der Waals surface area contributed by atoms with Crippen molar-refractivity contribution in [1.29, 1.82) is 10.8 Å². The number of nitrogens with one attached hydrogen (secondary N) is 2. The monoisotopic (exact) mass is 294 g/mol. The molecule has 2 aliphatic carbocycles. The van der Waals surface area contributed by atoms with E-state index in [9.17, 15) is 0 Å². The second kappa shape index (κ2) is 7.28. The van der Waals surface area contributed by atoms with Gasteiger partial charge in [-0.2, -0.15) is 0 Å². The quantitative estimate of drug-likeness (QED) is 0.564. The van der Waals surface area contributed by atoms with Crippen LogP contribution in [-0.2, 0) is 9.47 Å². The zero-order chi connectivity index (χ0) is 15.3. The topological polar surface area (TPSA) is 66.2 Å². The average Bonchev–Trinajstić information content (AvgIpc) is 2.49. The van der Waals surface area contributed by atoms with Crippen molar-refractivity contribution in [3.8, 4) is 0 Å². The van der Waals surface area contributed by atoms with Gasteiger partial charge in [0, 0.05) is 0 Å². The molecular formula is C17H30N2O2. The van der Waals surface area contributed by atoms with Gasteiger partial charge in [-0.1, -0.05) is 13.8 Å². The fraction of sp³-hybridized carbons (Fsp3) is 0.882. The summed E-state index contributed by atoms with van der Waals surface area (Å²) in [5.74, 6) is 1.54. The maximum absolute atomic E-state index is 7.05. The lowest BCUT2D eigenvalue weighted by molar-refractivity contribution is 0.00917. The van der Waals surface area contributed by atoms with Crippen LogP contribution in [0.2, 0.25) is 0 Å². The first-order valence-electron chi connectivity index (χ1n) is 8.36. The van der Waals surface area contributed by atoms with Gasteiger partial charge >= 0.3 is 0 Å². The largest absolute Gasteiger partial charge is 0.481 e. The van der Waals surface area contributed by atoms with Crippen molar-refractivity contribution in [2.75, 3.05) is 0 Å². The van der Waals surface area contributed by atoms with Crippen LogP contribution < -0.4 is 0 Å². The van der Waals surface area contributed by atoms with Crippen molar-refractivity contribution in [2.24, 2.45) is 17.3 Å². The van der Waals surface area contributed by atoms with E-state index in [2.05, 4.69) is 13.8 Å². The van der Waals surface area contributed by atoms with Gasteiger partial charge in [-0.15, -0.1) is 0 Å². The van der Waals surface area contributed by atoms with Crippen LogP contribution in [0.1, 0.15) is 65.2 Å². The van der Waals surface area contributed by atoms with E-state index in [1.54, 1.807) is 0 Å². The highest BCUT2D eigenvalue weighted by atomic mass is 16.5. The van der Waals surface area contributed by atoms with E-state index >= 15 is 0 Å². The zero-order valence-corrected chi connectivity index (χ0v) is 13.4. The molecule has 21 heavy (non-hydrogen) atoms. The van der Waals surface area contributed by atoms with Crippen molar-refractivity contribution in [3.63, 3.8) is 0 Å². The summed E-state index contributed by atoms with van der Waals surface area (Å²) < 4.78 is 10.7. The van der Waals surface area contributed by atoms with E-state index in [4.69, 9.17) is 20.3 Å². The van der Waals surface area contributed by atoms with E-state index in [1.807, 2.05) is 0 Å². The second-order valence-corrected chi connectivity index (χ2v) is 7.28. The molecule has 0 amide bonds. The van der Waals surface area contributed by atoms with Crippen LogP contribution in [0.5, 0.6) is 0 Å². The summed E-state index contributed by atoms with van der Waals surface area (Å²) >= 11 is 0. The highest BCUT2D eigenvalue weighted by Crippen LogP contribution is 2.48. The molecule has 0 aliphatic heterocycles. The molecule has 0 atom stereocenters. The molecule has 120 valence electrons. The summed E-state index contributed by atoms with van der Waals surface area (Å²) in [6.07, 6.45) is 12.0. The number of rotatable bonds is 6. The minimum absolute atomic E-state index is 0.270. The van der Waals surface area contributed by atoms with Gasteiger partial charge in [-0.05, 0) is 68.6 Å². The fourth-order valence-electron chi connectivity index (χ4n) is 4.41. The van der Waals surface area contributed by atoms with Gasteiger partial charge in [0.2, 0.25) is 0 Å². The molecule has 0 unspecified atom stereocenters. The third kappa shape index (κ3) is 3.98. The van der Waals surface area contributed by atoms with Gasteiger partial charge in [-0.3, -0.25) is 10.8 Å². The van der Waals surface area contributed by atoms with Crippen LogP contribution in [0, 0.1) is 28.1 Å². The Kier molecular flexibility index (Phi) is 5.65. The fourth-order valence-corrected chi connectivity index (χ4v) is 4.41. The third-order valence-electron chi connectivity index (χ3n) is 5.97. The molecule has 4 heteroatoms. The molecule has 4 nitrogen and oxygen atoms in total. The minimum Gasteiger partial charge on any atom is -0.481 e. The summed E-state index contributed by atoms with van der Waals surface area (Å²) in [5, 5.41) is 14.1.